The van der Waals surface area contributed by atoms with Crippen LogP contribution in [0.2, 0.25) is 0 Å². The number of hydrogen-bond acceptors (Lipinski definition) is 11. The summed E-state index contributed by atoms with van der Waals surface area (Å²) >= 11 is 0. The lowest BCUT2D eigenvalue weighted by atomic mass is 9.96. The van der Waals surface area contributed by atoms with Gasteiger partial charge < -0.3 is 54.4 Å². The van der Waals surface area contributed by atoms with Crippen molar-refractivity contribution in [2.75, 3.05) is 20.1 Å². The molecule has 3 aliphatic rings. The molecule has 2 amide bonds. The Morgan fingerprint density at radius 2 is 1.60 bits per heavy atom. The third-order valence-electron chi connectivity index (χ3n) is 8.45. The molecule has 3 aliphatic heterocycles. The number of benzene rings is 3. The Hall–Kier alpha value is -4.44. The summed E-state index contributed by atoms with van der Waals surface area (Å²) in [6.45, 7) is -1.53. The Kier molecular flexibility index (Phi) is 5.14. The molecule has 14 heteroatoms. The predicted molar refractivity (Wildman–Crippen MR) is 143 cm³/mol. The second-order valence-corrected chi connectivity index (χ2v) is 10.6. The van der Waals surface area contributed by atoms with E-state index in [-0.39, 0.29) is 34.6 Å². The number of rotatable bonds is 3. The number of amides is 2. The van der Waals surface area contributed by atoms with Crippen LogP contribution >= 0.6 is 0 Å². The molecule has 14 nitrogen and oxygen atoms in total. The Labute approximate surface area is 234 Å². The Morgan fingerprint density at radius 1 is 0.881 bits per heavy atom. The van der Waals surface area contributed by atoms with Gasteiger partial charge in [-0.1, -0.05) is 0 Å². The van der Waals surface area contributed by atoms with E-state index in [0.717, 1.165) is 0 Å². The van der Waals surface area contributed by atoms with Gasteiger partial charge in [-0.3, -0.25) is 14.5 Å². The zero-order valence-corrected chi connectivity index (χ0v) is 21.5. The van der Waals surface area contributed by atoms with E-state index in [1.807, 2.05) is 0 Å². The monoisotopic (exact) mass is 577 g/mol. The minimum Gasteiger partial charge on any atom is -0.508 e. The van der Waals surface area contributed by atoms with Crippen LogP contribution in [0.5, 0.6) is 17.2 Å². The fourth-order valence-corrected chi connectivity index (χ4v) is 6.55. The van der Waals surface area contributed by atoms with Crippen molar-refractivity contribution in [1.29, 1.82) is 0 Å². The number of phenolic OH excluding ortho intramolecular Hbond substituents is 1. The van der Waals surface area contributed by atoms with E-state index in [0.29, 0.717) is 49.1 Å². The smallest absolute Gasteiger partial charge is 0.264 e. The van der Waals surface area contributed by atoms with Crippen molar-refractivity contribution >= 4 is 55.4 Å². The van der Waals surface area contributed by atoms with Crippen LogP contribution in [-0.2, 0) is 4.74 Å². The van der Waals surface area contributed by atoms with Gasteiger partial charge in [-0.25, -0.2) is 0 Å². The first kappa shape index (κ1) is 25.3. The number of H-pyrrole nitrogens is 1. The van der Waals surface area contributed by atoms with Gasteiger partial charge in [0.05, 0.1) is 39.8 Å². The quantitative estimate of drug-likeness (QED) is 0.146. The number of aromatic amines is 1. The van der Waals surface area contributed by atoms with Crippen molar-refractivity contribution in [2.24, 2.45) is 0 Å². The first-order valence-electron chi connectivity index (χ1n) is 13.1. The Balaban J connectivity index is 1.59. The van der Waals surface area contributed by atoms with Gasteiger partial charge in [-0.15, -0.1) is 0 Å². The van der Waals surface area contributed by atoms with Crippen LogP contribution in [0.1, 0.15) is 26.9 Å². The fraction of sp³-hybridized carbons (Fsp3) is 0.286. The molecular weight excluding hydrogens is 554 g/mol. The molecule has 0 saturated carbocycles. The molecule has 0 spiro atoms. The molecule has 0 bridgehead atoms. The maximum Gasteiger partial charge on any atom is 0.264 e. The fourth-order valence-electron chi connectivity index (χ4n) is 6.55. The number of nitrogens with one attached hydrogen (secondary N) is 1. The van der Waals surface area contributed by atoms with Crippen LogP contribution in [0.25, 0.3) is 43.6 Å². The zero-order valence-electron chi connectivity index (χ0n) is 21.5. The number of ether oxygens (including phenoxy) is 3. The summed E-state index contributed by atoms with van der Waals surface area (Å²) in [7, 11) is 0. The second kappa shape index (κ2) is 8.54. The zero-order chi connectivity index (χ0) is 29.2. The molecule has 5 atom stereocenters. The van der Waals surface area contributed by atoms with Crippen LogP contribution in [0.3, 0.4) is 0 Å². The molecular formula is C28H23N3O11. The minimum absolute atomic E-state index is 0.00672. The van der Waals surface area contributed by atoms with Gasteiger partial charge >= 0.3 is 0 Å². The summed E-state index contributed by atoms with van der Waals surface area (Å²) < 4.78 is 18.5. The number of carbonyl (C=O) groups excluding carboxylic acids is 2. The van der Waals surface area contributed by atoms with Gasteiger partial charge in [0.15, 0.2) is 17.7 Å². The number of phenols is 1. The third kappa shape index (κ3) is 3.02. The summed E-state index contributed by atoms with van der Waals surface area (Å²) in [6.07, 6.45) is -7.65. The maximum atomic E-state index is 13.7. The maximum absolute atomic E-state index is 13.7. The van der Waals surface area contributed by atoms with Gasteiger partial charge in [0.1, 0.15) is 36.9 Å². The first-order valence-corrected chi connectivity index (χ1v) is 13.1. The van der Waals surface area contributed by atoms with Gasteiger partial charge in [0.2, 0.25) is 6.79 Å². The van der Waals surface area contributed by atoms with E-state index in [1.165, 1.54) is 22.8 Å². The number of hydrogen-bond donors (Lipinski definition) is 7. The van der Waals surface area contributed by atoms with Crippen LogP contribution in [-0.4, -0.2) is 101 Å². The van der Waals surface area contributed by atoms with Crippen molar-refractivity contribution < 1.29 is 54.4 Å². The van der Waals surface area contributed by atoms with Crippen molar-refractivity contribution in [3.05, 3.63) is 41.5 Å². The van der Waals surface area contributed by atoms with E-state index < -0.39 is 55.8 Å². The number of aromatic nitrogens is 2. The number of aliphatic hydroxyl groups excluding tert-OH is 5. The lowest BCUT2D eigenvalue weighted by Crippen LogP contribution is -2.56. The highest BCUT2D eigenvalue weighted by Crippen LogP contribution is 2.49. The highest BCUT2D eigenvalue weighted by atomic mass is 16.7. The molecule has 1 saturated heterocycles. The van der Waals surface area contributed by atoms with E-state index in [4.69, 9.17) is 14.2 Å². The number of fused-ring (bicyclic) bond motifs is 11. The van der Waals surface area contributed by atoms with Crippen LogP contribution in [0.15, 0.2) is 30.3 Å². The molecule has 3 aromatic carbocycles. The average Bonchev–Trinajstić information content (AvgIpc) is 3.72. The normalized spacial score (nSPS) is 25.5. The lowest BCUT2D eigenvalue weighted by Gasteiger charge is -2.41. The number of aromatic hydroxyl groups is 1. The number of aliphatic hydroxyl groups is 5. The van der Waals surface area contributed by atoms with E-state index in [2.05, 4.69) is 4.98 Å². The molecule has 0 aliphatic carbocycles. The number of carbonyl (C=O) groups is 2. The van der Waals surface area contributed by atoms with Gasteiger partial charge in [-0.05, 0) is 24.3 Å². The molecule has 5 heterocycles. The summed E-state index contributed by atoms with van der Waals surface area (Å²) in [6, 6.07) is 7.66. The number of nitrogens with zero attached hydrogens (tertiary/aromatic N) is 2. The molecule has 0 radical (unpaired) electrons. The molecule has 216 valence electrons. The van der Waals surface area contributed by atoms with Crippen molar-refractivity contribution in [1.82, 2.24) is 14.5 Å². The molecule has 5 aromatic rings. The minimum atomic E-state index is -1.71. The Bertz CT molecular complexity index is 2010. The highest BCUT2D eigenvalue weighted by Gasteiger charge is 2.47. The summed E-state index contributed by atoms with van der Waals surface area (Å²) in [5.41, 5.74) is 1.48. The van der Waals surface area contributed by atoms with Gasteiger partial charge in [0, 0.05) is 27.6 Å². The predicted octanol–water partition coefficient (Wildman–Crippen LogP) is 0.381. The molecule has 5 unspecified atom stereocenters. The molecule has 1 fully saturated rings. The summed E-state index contributed by atoms with van der Waals surface area (Å²) in [4.78, 5) is 31.4. The first-order chi connectivity index (χ1) is 20.2. The topological polar surface area (TPSA) is 207 Å². The highest BCUT2D eigenvalue weighted by molar-refractivity contribution is 6.39. The SMILES string of the molecule is O=C1c2c(c3c4cc(O)ccc4n(C4OC(CO)C(O)C(O)C4O)c3c3[nH]c4cc5c(cc4c23)OCO5)C(=O)N1CO. The molecule has 42 heavy (non-hydrogen) atoms. The van der Waals surface area contributed by atoms with Gasteiger partial charge in [0.25, 0.3) is 11.8 Å². The van der Waals surface area contributed by atoms with Crippen molar-refractivity contribution in [2.45, 2.75) is 30.6 Å². The largest absolute Gasteiger partial charge is 0.508 e. The second-order valence-electron chi connectivity index (χ2n) is 10.6. The van der Waals surface area contributed by atoms with Crippen LogP contribution < -0.4 is 9.47 Å². The summed E-state index contributed by atoms with van der Waals surface area (Å²) in [5.74, 6) is -0.761. The summed E-state index contributed by atoms with van der Waals surface area (Å²) in [5, 5.41) is 64.0. The molecule has 2 aromatic heterocycles. The van der Waals surface area contributed by atoms with Gasteiger partial charge in [-0.2, -0.15) is 0 Å². The Morgan fingerprint density at radius 3 is 2.31 bits per heavy atom. The molecule has 7 N–H and O–H groups in total. The van der Waals surface area contributed by atoms with E-state index in [9.17, 15) is 40.2 Å². The van der Waals surface area contributed by atoms with Crippen LogP contribution in [0, 0.1) is 0 Å². The standard InChI is InChI=1S/C28H23N3O11/c32-6-16-23(35)24(36)25(37)28(42-16)31-13-2-1-9(34)3-11(13)18-20-19(26(38)30(7-33)27(20)39)17-10-4-14-15(41-8-40-14)5-12(10)29-21(17)22(18)31/h1-5,16,23-25,28-29,32-37H,6-8H2. The lowest BCUT2D eigenvalue weighted by molar-refractivity contribution is -0.249. The molecule has 8 rings (SSSR count). The van der Waals surface area contributed by atoms with Crippen molar-refractivity contribution in [3.8, 4) is 17.2 Å². The van der Waals surface area contributed by atoms with E-state index >= 15 is 0 Å². The van der Waals surface area contributed by atoms with Crippen LogP contribution in [0.4, 0.5) is 0 Å². The number of imide groups is 1. The third-order valence-corrected chi connectivity index (χ3v) is 8.45. The van der Waals surface area contributed by atoms with E-state index in [1.54, 1.807) is 12.1 Å². The average molecular weight is 578 g/mol. The van der Waals surface area contributed by atoms with Crippen molar-refractivity contribution in [3.63, 3.8) is 0 Å².